The smallest absolute Gasteiger partial charge is 0.337 e. The van der Waals surface area contributed by atoms with Gasteiger partial charge in [0, 0.05) is 11.6 Å². The summed E-state index contributed by atoms with van der Waals surface area (Å²) in [7, 11) is -3.91. The molecule has 0 aliphatic carbocycles. The molecular formula is C13H17Cl2NO4S. The summed E-state index contributed by atoms with van der Waals surface area (Å²) in [6.07, 6.45) is 1.67. The number of rotatable bonds is 7. The predicted molar refractivity (Wildman–Crippen MR) is 82.7 cm³/mol. The van der Waals surface area contributed by atoms with Crippen LogP contribution in [0.1, 0.15) is 37.0 Å². The van der Waals surface area contributed by atoms with Gasteiger partial charge in [-0.1, -0.05) is 49.9 Å². The minimum atomic E-state index is -3.91. The summed E-state index contributed by atoms with van der Waals surface area (Å²) in [5.41, 5.74) is -0.341. The van der Waals surface area contributed by atoms with Crippen LogP contribution in [0.4, 0.5) is 0 Å². The maximum atomic E-state index is 12.3. The molecule has 0 heterocycles. The second kappa shape index (κ2) is 7.45. The molecule has 0 saturated carbocycles. The quantitative estimate of drug-likeness (QED) is 0.786. The molecule has 0 aromatic heterocycles. The van der Waals surface area contributed by atoms with Crippen LogP contribution in [0.2, 0.25) is 10.0 Å². The fraction of sp³-hybridized carbons (Fsp3) is 0.462. The average molecular weight is 354 g/mol. The van der Waals surface area contributed by atoms with Crippen LogP contribution in [0, 0.1) is 5.92 Å². The van der Waals surface area contributed by atoms with Gasteiger partial charge >= 0.3 is 5.97 Å². The van der Waals surface area contributed by atoms with Crippen molar-refractivity contribution in [2.75, 3.05) is 6.54 Å². The zero-order chi connectivity index (χ0) is 16.2. The topological polar surface area (TPSA) is 83.5 Å². The molecular weight excluding hydrogens is 337 g/mol. The lowest BCUT2D eigenvalue weighted by atomic mass is 10.0. The predicted octanol–water partition coefficient (Wildman–Crippen LogP) is 3.41. The van der Waals surface area contributed by atoms with E-state index in [0.29, 0.717) is 0 Å². The van der Waals surface area contributed by atoms with Gasteiger partial charge in [-0.3, -0.25) is 0 Å². The highest BCUT2D eigenvalue weighted by Gasteiger charge is 2.24. The summed E-state index contributed by atoms with van der Waals surface area (Å²) in [6, 6.07) is 2.26. The summed E-state index contributed by atoms with van der Waals surface area (Å²) >= 11 is 11.7. The maximum absolute atomic E-state index is 12.3. The summed E-state index contributed by atoms with van der Waals surface area (Å²) in [4.78, 5) is 10.7. The molecule has 0 aliphatic rings. The highest BCUT2D eigenvalue weighted by atomic mass is 35.5. The van der Waals surface area contributed by atoms with E-state index in [4.69, 9.17) is 28.3 Å². The van der Waals surface area contributed by atoms with Crippen LogP contribution >= 0.6 is 23.2 Å². The van der Waals surface area contributed by atoms with Crippen molar-refractivity contribution in [3.8, 4) is 0 Å². The fourth-order valence-electron chi connectivity index (χ4n) is 1.80. The van der Waals surface area contributed by atoms with E-state index in [1.54, 1.807) is 0 Å². The van der Waals surface area contributed by atoms with Crippen molar-refractivity contribution in [1.29, 1.82) is 0 Å². The Kier molecular flexibility index (Phi) is 6.46. The van der Waals surface area contributed by atoms with Crippen LogP contribution in [-0.4, -0.2) is 26.0 Å². The minimum absolute atomic E-state index is 0.000270. The van der Waals surface area contributed by atoms with Gasteiger partial charge in [0.2, 0.25) is 10.0 Å². The Morgan fingerprint density at radius 1 is 1.29 bits per heavy atom. The molecule has 5 nitrogen and oxygen atoms in total. The molecule has 1 aromatic rings. The van der Waals surface area contributed by atoms with Crippen molar-refractivity contribution in [2.45, 2.75) is 31.6 Å². The Morgan fingerprint density at radius 3 is 2.33 bits per heavy atom. The average Bonchev–Trinajstić information content (AvgIpc) is 2.41. The van der Waals surface area contributed by atoms with Gasteiger partial charge in [-0.2, -0.15) is 0 Å². The summed E-state index contributed by atoms with van der Waals surface area (Å²) in [5, 5.41) is 8.67. The molecule has 0 bridgehead atoms. The standard InChI is InChI=1S/C13H17Cl2NO4S/c1-3-8(4-2)7-16-21(19,20)11-6-9(14)5-10(12(11)15)13(17)18/h5-6,8,16H,3-4,7H2,1-2H3,(H,17,18). The monoisotopic (exact) mass is 353 g/mol. The van der Waals surface area contributed by atoms with E-state index in [0.717, 1.165) is 25.0 Å². The van der Waals surface area contributed by atoms with Crippen molar-refractivity contribution in [2.24, 2.45) is 5.92 Å². The van der Waals surface area contributed by atoms with E-state index < -0.39 is 16.0 Å². The third kappa shape index (κ3) is 4.57. The van der Waals surface area contributed by atoms with Crippen molar-refractivity contribution in [3.63, 3.8) is 0 Å². The van der Waals surface area contributed by atoms with Gasteiger partial charge in [0.1, 0.15) is 4.90 Å². The summed E-state index contributed by atoms with van der Waals surface area (Å²) < 4.78 is 27.0. The highest BCUT2D eigenvalue weighted by Crippen LogP contribution is 2.29. The lowest BCUT2D eigenvalue weighted by Gasteiger charge is -2.15. The third-order valence-electron chi connectivity index (χ3n) is 3.24. The maximum Gasteiger partial charge on any atom is 0.337 e. The van der Waals surface area contributed by atoms with Crippen LogP contribution in [0.15, 0.2) is 17.0 Å². The molecule has 0 unspecified atom stereocenters. The number of hydrogen-bond acceptors (Lipinski definition) is 3. The first kappa shape index (κ1) is 18.2. The number of halogens is 2. The Balaban J connectivity index is 3.17. The molecule has 2 N–H and O–H groups in total. The fourth-order valence-corrected chi connectivity index (χ4v) is 3.81. The molecule has 0 aliphatic heterocycles. The van der Waals surface area contributed by atoms with Crippen LogP contribution < -0.4 is 4.72 Å². The van der Waals surface area contributed by atoms with E-state index in [1.165, 1.54) is 0 Å². The molecule has 0 fully saturated rings. The lowest BCUT2D eigenvalue weighted by molar-refractivity contribution is 0.0697. The zero-order valence-corrected chi connectivity index (χ0v) is 14.0. The number of carboxylic acid groups (broad SMARTS) is 1. The van der Waals surface area contributed by atoms with Crippen LogP contribution in [0.25, 0.3) is 0 Å². The SMILES string of the molecule is CCC(CC)CNS(=O)(=O)c1cc(Cl)cc(C(=O)O)c1Cl. The number of carboxylic acids is 1. The first-order valence-corrected chi connectivity index (χ1v) is 8.68. The van der Waals surface area contributed by atoms with Gasteiger partial charge in [0.15, 0.2) is 0 Å². The molecule has 1 aromatic carbocycles. The van der Waals surface area contributed by atoms with Crippen LogP contribution in [0.3, 0.4) is 0 Å². The van der Waals surface area contributed by atoms with Crippen LogP contribution in [0.5, 0.6) is 0 Å². The first-order valence-electron chi connectivity index (χ1n) is 6.44. The number of hydrogen-bond donors (Lipinski definition) is 2. The number of benzene rings is 1. The van der Waals surface area contributed by atoms with Gasteiger partial charge in [-0.05, 0) is 18.1 Å². The summed E-state index contributed by atoms with van der Waals surface area (Å²) in [6.45, 7) is 4.20. The van der Waals surface area contributed by atoms with E-state index in [1.807, 2.05) is 13.8 Å². The molecule has 0 atom stereocenters. The molecule has 0 radical (unpaired) electrons. The lowest BCUT2D eigenvalue weighted by Crippen LogP contribution is -2.29. The van der Waals surface area contributed by atoms with E-state index in [2.05, 4.69) is 4.72 Å². The highest BCUT2D eigenvalue weighted by molar-refractivity contribution is 7.89. The third-order valence-corrected chi connectivity index (χ3v) is 5.43. The molecule has 0 amide bonds. The van der Waals surface area contributed by atoms with Crippen molar-refractivity contribution < 1.29 is 18.3 Å². The second-order valence-corrected chi connectivity index (χ2v) is 7.15. The normalized spacial score (nSPS) is 11.9. The molecule has 0 spiro atoms. The van der Waals surface area contributed by atoms with Gasteiger partial charge in [0.25, 0.3) is 0 Å². The Morgan fingerprint density at radius 2 is 1.86 bits per heavy atom. The molecule has 0 saturated heterocycles. The number of nitrogens with one attached hydrogen (secondary N) is 1. The van der Waals surface area contributed by atoms with Gasteiger partial charge in [0.05, 0.1) is 10.6 Å². The number of sulfonamides is 1. The van der Waals surface area contributed by atoms with E-state index >= 15 is 0 Å². The van der Waals surface area contributed by atoms with Gasteiger partial charge in [-0.15, -0.1) is 0 Å². The van der Waals surface area contributed by atoms with Crippen molar-refractivity contribution >= 4 is 39.2 Å². The van der Waals surface area contributed by atoms with Crippen molar-refractivity contribution in [3.05, 3.63) is 27.7 Å². The van der Waals surface area contributed by atoms with E-state index in [-0.39, 0.29) is 33.0 Å². The molecule has 21 heavy (non-hydrogen) atoms. The second-order valence-electron chi connectivity index (χ2n) is 4.61. The Labute approximate surface area is 134 Å². The largest absolute Gasteiger partial charge is 0.478 e. The first-order chi connectivity index (χ1) is 9.72. The van der Waals surface area contributed by atoms with E-state index in [9.17, 15) is 13.2 Å². The zero-order valence-electron chi connectivity index (χ0n) is 11.7. The number of carbonyl (C=O) groups is 1. The summed E-state index contributed by atoms with van der Waals surface area (Å²) in [5.74, 6) is -1.13. The minimum Gasteiger partial charge on any atom is -0.478 e. The van der Waals surface area contributed by atoms with Gasteiger partial charge in [-0.25, -0.2) is 17.9 Å². The molecule has 1 rings (SSSR count). The van der Waals surface area contributed by atoms with Gasteiger partial charge < -0.3 is 5.11 Å². The number of aromatic carboxylic acids is 1. The van der Waals surface area contributed by atoms with Crippen molar-refractivity contribution in [1.82, 2.24) is 4.72 Å². The Bertz CT molecular complexity index is 627. The molecule has 118 valence electrons. The molecule has 8 heteroatoms. The Hall–Kier alpha value is -0.820. The van der Waals surface area contributed by atoms with Crippen LogP contribution in [-0.2, 0) is 10.0 Å².